The molecule has 1 heterocycles. The largest absolute Gasteiger partial charge is 0.273 e. The van der Waals surface area contributed by atoms with Crippen LogP contribution < -0.4 is 5.43 Å². The Morgan fingerprint density at radius 1 is 1.29 bits per heavy atom. The third-order valence-electron chi connectivity index (χ3n) is 3.19. The standard InChI is InChI=1S/C16H20N4O/c1-12-11-13(2)20(19-12)10-9-16(21)18-17-14(3)15-7-5-4-6-8-15/h4-8,11H,9-10H2,1-3H3,(H,18,21)/b17-14+. The molecule has 0 aliphatic carbocycles. The number of hydrogen-bond donors (Lipinski definition) is 1. The molecule has 5 heteroatoms. The minimum atomic E-state index is -0.113. The molecule has 110 valence electrons. The first-order chi connectivity index (χ1) is 10.1. The van der Waals surface area contributed by atoms with E-state index in [1.54, 1.807) is 0 Å². The highest BCUT2D eigenvalue weighted by Gasteiger charge is 2.05. The van der Waals surface area contributed by atoms with Crippen molar-refractivity contribution in [3.8, 4) is 0 Å². The minimum absolute atomic E-state index is 0.113. The molecular weight excluding hydrogens is 264 g/mol. The molecule has 21 heavy (non-hydrogen) atoms. The summed E-state index contributed by atoms with van der Waals surface area (Å²) < 4.78 is 1.84. The van der Waals surface area contributed by atoms with Crippen LogP contribution in [0.25, 0.3) is 0 Å². The van der Waals surface area contributed by atoms with E-state index in [0.717, 1.165) is 22.7 Å². The fourth-order valence-electron chi connectivity index (χ4n) is 2.05. The van der Waals surface area contributed by atoms with Gasteiger partial charge in [0.05, 0.1) is 18.0 Å². The molecule has 1 N–H and O–H groups in total. The lowest BCUT2D eigenvalue weighted by Gasteiger charge is -2.05. The fourth-order valence-corrected chi connectivity index (χ4v) is 2.05. The number of nitrogens with zero attached hydrogens (tertiary/aromatic N) is 3. The van der Waals surface area contributed by atoms with Crippen LogP contribution in [-0.2, 0) is 11.3 Å². The number of aromatic nitrogens is 2. The van der Waals surface area contributed by atoms with Crippen LogP contribution in [0.2, 0.25) is 0 Å². The fraction of sp³-hybridized carbons (Fsp3) is 0.312. The topological polar surface area (TPSA) is 59.3 Å². The van der Waals surface area contributed by atoms with E-state index in [2.05, 4.69) is 15.6 Å². The van der Waals surface area contributed by atoms with Gasteiger partial charge in [-0.2, -0.15) is 10.2 Å². The number of nitrogens with one attached hydrogen (secondary N) is 1. The molecule has 0 atom stereocenters. The quantitative estimate of drug-likeness (QED) is 0.677. The Bertz CT molecular complexity index is 644. The number of carbonyl (C=O) groups is 1. The summed E-state index contributed by atoms with van der Waals surface area (Å²) in [6.07, 6.45) is 0.355. The lowest BCUT2D eigenvalue weighted by molar-refractivity contribution is -0.121. The van der Waals surface area contributed by atoms with Crippen molar-refractivity contribution in [1.29, 1.82) is 0 Å². The number of rotatable bonds is 5. The van der Waals surface area contributed by atoms with Crippen LogP contribution >= 0.6 is 0 Å². The zero-order chi connectivity index (χ0) is 15.2. The Kier molecular flexibility index (Phi) is 4.87. The zero-order valence-corrected chi connectivity index (χ0v) is 12.6. The van der Waals surface area contributed by atoms with Gasteiger partial charge in [-0.3, -0.25) is 9.48 Å². The highest BCUT2D eigenvalue weighted by Crippen LogP contribution is 2.03. The van der Waals surface area contributed by atoms with Crippen LogP contribution in [0.4, 0.5) is 0 Å². The van der Waals surface area contributed by atoms with E-state index in [1.807, 2.05) is 61.9 Å². The van der Waals surface area contributed by atoms with Gasteiger partial charge in [0.15, 0.2) is 0 Å². The molecule has 0 radical (unpaired) electrons. The van der Waals surface area contributed by atoms with Crippen molar-refractivity contribution in [2.45, 2.75) is 33.7 Å². The van der Waals surface area contributed by atoms with Crippen LogP contribution in [-0.4, -0.2) is 21.4 Å². The number of hydrazone groups is 1. The lowest BCUT2D eigenvalue weighted by atomic mass is 10.1. The van der Waals surface area contributed by atoms with E-state index in [4.69, 9.17) is 0 Å². The number of aryl methyl sites for hydroxylation is 3. The average molecular weight is 284 g/mol. The van der Waals surface area contributed by atoms with Gasteiger partial charge in [0.1, 0.15) is 0 Å². The van der Waals surface area contributed by atoms with Crippen molar-refractivity contribution in [3.05, 3.63) is 53.3 Å². The number of amides is 1. The summed E-state index contributed by atoms with van der Waals surface area (Å²) in [4.78, 5) is 11.8. The van der Waals surface area contributed by atoms with Crippen molar-refractivity contribution in [3.63, 3.8) is 0 Å². The Hall–Kier alpha value is -2.43. The monoisotopic (exact) mass is 284 g/mol. The molecule has 5 nitrogen and oxygen atoms in total. The Balaban J connectivity index is 1.86. The van der Waals surface area contributed by atoms with Crippen molar-refractivity contribution >= 4 is 11.6 Å². The van der Waals surface area contributed by atoms with Gasteiger partial charge >= 0.3 is 0 Å². The van der Waals surface area contributed by atoms with Gasteiger partial charge in [0.2, 0.25) is 5.91 Å². The summed E-state index contributed by atoms with van der Waals surface area (Å²) >= 11 is 0. The lowest BCUT2D eigenvalue weighted by Crippen LogP contribution is -2.21. The third kappa shape index (κ3) is 4.27. The summed E-state index contributed by atoms with van der Waals surface area (Å²) in [5, 5.41) is 8.45. The summed E-state index contributed by atoms with van der Waals surface area (Å²) in [6.45, 7) is 6.36. The molecule has 1 aromatic heterocycles. The third-order valence-corrected chi connectivity index (χ3v) is 3.19. The second kappa shape index (κ2) is 6.83. The summed E-state index contributed by atoms with van der Waals surface area (Å²) in [5.74, 6) is -0.113. The second-order valence-corrected chi connectivity index (χ2v) is 5.00. The summed E-state index contributed by atoms with van der Waals surface area (Å²) in [7, 11) is 0. The van der Waals surface area contributed by atoms with Crippen LogP contribution in [0.5, 0.6) is 0 Å². The molecule has 2 aromatic rings. The molecule has 0 aliphatic rings. The van der Waals surface area contributed by atoms with Gasteiger partial charge < -0.3 is 0 Å². The predicted octanol–water partition coefficient (Wildman–Crippen LogP) is 2.43. The molecule has 0 unspecified atom stereocenters. The molecular formula is C16H20N4O. The van der Waals surface area contributed by atoms with Crippen molar-refractivity contribution in [2.24, 2.45) is 5.10 Å². The first-order valence-electron chi connectivity index (χ1n) is 6.96. The van der Waals surface area contributed by atoms with E-state index in [0.29, 0.717) is 13.0 Å². The summed E-state index contributed by atoms with van der Waals surface area (Å²) in [5.41, 5.74) is 6.39. The minimum Gasteiger partial charge on any atom is -0.273 e. The van der Waals surface area contributed by atoms with Gasteiger partial charge in [-0.15, -0.1) is 0 Å². The summed E-state index contributed by atoms with van der Waals surface area (Å²) in [6, 6.07) is 11.7. The molecule has 2 rings (SSSR count). The number of benzene rings is 1. The van der Waals surface area contributed by atoms with Gasteiger partial charge in [-0.25, -0.2) is 5.43 Å². The number of hydrogen-bond acceptors (Lipinski definition) is 3. The molecule has 0 fully saturated rings. The molecule has 0 aliphatic heterocycles. The SMILES string of the molecule is C/C(=N\NC(=O)CCn1nc(C)cc1C)c1ccccc1. The molecule has 0 saturated heterocycles. The van der Waals surface area contributed by atoms with Gasteiger partial charge in [0, 0.05) is 12.1 Å². The molecule has 0 spiro atoms. The molecule has 0 bridgehead atoms. The number of carbonyl (C=O) groups excluding carboxylic acids is 1. The van der Waals surface area contributed by atoms with Gasteiger partial charge in [0.25, 0.3) is 0 Å². The normalized spacial score (nSPS) is 11.5. The van der Waals surface area contributed by atoms with Gasteiger partial charge in [-0.05, 0) is 32.4 Å². The van der Waals surface area contributed by atoms with E-state index >= 15 is 0 Å². The maximum Gasteiger partial charge on any atom is 0.241 e. The Morgan fingerprint density at radius 3 is 2.62 bits per heavy atom. The van der Waals surface area contributed by atoms with E-state index < -0.39 is 0 Å². The van der Waals surface area contributed by atoms with E-state index in [-0.39, 0.29) is 5.91 Å². The van der Waals surface area contributed by atoms with Crippen molar-refractivity contribution < 1.29 is 4.79 Å². The molecule has 1 amide bonds. The maximum absolute atomic E-state index is 11.8. The zero-order valence-electron chi connectivity index (χ0n) is 12.6. The van der Waals surface area contributed by atoms with Crippen LogP contribution in [0.3, 0.4) is 0 Å². The van der Waals surface area contributed by atoms with Crippen molar-refractivity contribution in [2.75, 3.05) is 0 Å². The maximum atomic E-state index is 11.8. The highest BCUT2D eigenvalue weighted by molar-refractivity contribution is 5.99. The molecule has 0 saturated carbocycles. The second-order valence-electron chi connectivity index (χ2n) is 5.00. The first-order valence-corrected chi connectivity index (χ1v) is 6.96. The Labute approximate surface area is 124 Å². The van der Waals surface area contributed by atoms with E-state index in [9.17, 15) is 4.79 Å². The van der Waals surface area contributed by atoms with Crippen LogP contribution in [0.15, 0.2) is 41.5 Å². The smallest absolute Gasteiger partial charge is 0.241 e. The first kappa shape index (κ1) is 15.0. The van der Waals surface area contributed by atoms with Crippen molar-refractivity contribution in [1.82, 2.24) is 15.2 Å². The average Bonchev–Trinajstić information content (AvgIpc) is 2.81. The van der Waals surface area contributed by atoms with E-state index in [1.165, 1.54) is 0 Å². The highest BCUT2D eigenvalue weighted by atomic mass is 16.2. The predicted molar refractivity (Wildman–Crippen MR) is 83.1 cm³/mol. The van der Waals surface area contributed by atoms with Crippen LogP contribution in [0, 0.1) is 13.8 Å². The Morgan fingerprint density at radius 2 is 2.00 bits per heavy atom. The van der Waals surface area contributed by atoms with Gasteiger partial charge in [-0.1, -0.05) is 30.3 Å². The molecule has 1 aromatic carbocycles. The van der Waals surface area contributed by atoms with Crippen LogP contribution in [0.1, 0.15) is 30.3 Å².